The fourth-order valence-corrected chi connectivity index (χ4v) is 3.90. The molecule has 1 heterocycles. The van der Waals surface area contributed by atoms with Gasteiger partial charge in [0.1, 0.15) is 18.1 Å². The molecule has 1 N–H and O–H groups in total. The number of amides is 2. The Kier molecular flexibility index (Phi) is 9.50. The van der Waals surface area contributed by atoms with Gasteiger partial charge in [0.15, 0.2) is 0 Å². The van der Waals surface area contributed by atoms with Gasteiger partial charge in [-0.25, -0.2) is 4.98 Å². The molecule has 0 spiro atoms. The third kappa shape index (κ3) is 6.83. The highest BCUT2D eigenvalue weighted by molar-refractivity contribution is 5.94. The second kappa shape index (κ2) is 12.8. The summed E-state index contributed by atoms with van der Waals surface area (Å²) in [4.78, 5) is 31.7. The van der Waals surface area contributed by atoms with E-state index in [4.69, 9.17) is 9.72 Å². The van der Waals surface area contributed by atoms with Crippen molar-refractivity contribution in [3.63, 3.8) is 0 Å². The van der Waals surface area contributed by atoms with Crippen LogP contribution in [-0.4, -0.2) is 53.5 Å². The number of hydrogen-bond donors (Lipinski definition) is 1. The lowest BCUT2D eigenvalue weighted by Gasteiger charge is -2.18. The third-order valence-electron chi connectivity index (χ3n) is 6.01. The number of nitrogens with zero attached hydrogens (tertiary/aromatic N) is 3. The monoisotopic (exact) mass is 464 g/mol. The number of methoxy groups -OCH3 is 1. The first-order valence-corrected chi connectivity index (χ1v) is 12.1. The summed E-state index contributed by atoms with van der Waals surface area (Å²) in [7, 11) is 3.48. The summed E-state index contributed by atoms with van der Waals surface area (Å²) >= 11 is 0. The van der Waals surface area contributed by atoms with Crippen molar-refractivity contribution in [1.82, 2.24) is 19.8 Å². The SMILES string of the molecule is CCCCN(C)C(=O)Cn1c(CCCCCNC(=O)c2ccc(OC)cc2)nc2ccccc21. The predicted molar refractivity (Wildman–Crippen MR) is 135 cm³/mol. The summed E-state index contributed by atoms with van der Waals surface area (Å²) < 4.78 is 7.19. The smallest absolute Gasteiger partial charge is 0.251 e. The van der Waals surface area contributed by atoms with E-state index in [1.54, 1.807) is 31.4 Å². The molecule has 182 valence electrons. The summed E-state index contributed by atoms with van der Waals surface area (Å²) in [5.41, 5.74) is 2.55. The minimum absolute atomic E-state index is 0.0739. The molecule has 3 rings (SSSR count). The molecule has 0 saturated carbocycles. The first-order valence-electron chi connectivity index (χ1n) is 12.1. The Morgan fingerprint density at radius 3 is 2.53 bits per heavy atom. The molecule has 0 bridgehead atoms. The molecule has 0 unspecified atom stereocenters. The molecule has 0 saturated heterocycles. The number of hydrogen-bond acceptors (Lipinski definition) is 4. The molecule has 0 aliphatic carbocycles. The number of para-hydroxylation sites is 2. The van der Waals surface area contributed by atoms with Crippen molar-refractivity contribution in [2.75, 3.05) is 27.2 Å². The lowest BCUT2D eigenvalue weighted by Crippen LogP contribution is -2.31. The molecule has 34 heavy (non-hydrogen) atoms. The van der Waals surface area contributed by atoms with E-state index < -0.39 is 0 Å². The Labute approximate surface area is 202 Å². The number of fused-ring (bicyclic) bond motifs is 1. The summed E-state index contributed by atoms with van der Waals surface area (Å²) in [6.07, 6.45) is 5.68. The number of carbonyl (C=O) groups excluding carboxylic acids is 2. The molecular weight excluding hydrogens is 428 g/mol. The van der Waals surface area contributed by atoms with Gasteiger partial charge >= 0.3 is 0 Å². The van der Waals surface area contributed by atoms with Crippen LogP contribution in [0.5, 0.6) is 5.75 Å². The second-order valence-electron chi connectivity index (χ2n) is 8.57. The van der Waals surface area contributed by atoms with Gasteiger partial charge in [0.2, 0.25) is 5.91 Å². The fourth-order valence-electron chi connectivity index (χ4n) is 3.90. The number of imidazole rings is 1. The maximum Gasteiger partial charge on any atom is 0.251 e. The normalized spacial score (nSPS) is 10.9. The zero-order valence-corrected chi connectivity index (χ0v) is 20.5. The van der Waals surface area contributed by atoms with Crippen LogP contribution in [0.3, 0.4) is 0 Å². The Bertz CT molecular complexity index is 1080. The minimum Gasteiger partial charge on any atom is -0.497 e. The zero-order chi connectivity index (χ0) is 24.3. The molecule has 7 nitrogen and oxygen atoms in total. The molecule has 3 aromatic rings. The van der Waals surface area contributed by atoms with Gasteiger partial charge in [0.05, 0.1) is 18.1 Å². The molecule has 2 amide bonds. The van der Waals surface area contributed by atoms with Crippen molar-refractivity contribution >= 4 is 22.8 Å². The van der Waals surface area contributed by atoms with Crippen molar-refractivity contribution in [1.29, 1.82) is 0 Å². The summed E-state index contributed by atoms with van der Waals surface area (Å²) in [5, 5.41) is 2.97. The summed E-state index contributed by atoms with van der Waals surface area (Å²) in [5.74, 6) is 1.71. The number of benzene rings is 2. The Morgan fingerprint density at radius 2 is 1.79 bits per heavy atom. The minimum atomic E-state index is -0.0739. The van der Waals surface area contributed by atoms with Crippen molar-refractivity contribution < 1.29 is 14.3 Å². The van der Waals surface area contributed by atoms with Gasteiger partial charge in [-0.2, -0.15) is 0 Å². The van der Waals surface area contributed by atoms with Crippen LogP contribution in [-0.2, 0) is 17.8 Å². The highest BCUT2D eigenvalue weighted by atomic mass is 16.5. The molecule has 0 aliphatic rings. The molecule has 0 atom stereocenters. The molecule has 0 fully saturated rings. The van der Waals surface area contributed by atoms with Crippen molar-refractivity contribution in [3.05, 3.63) is 59.9 Å². The lowest BCUT2D eigenvalue weighted by molar-refractivity contribution is -0.130. The first-order chi connectivity index (χ1) is 16.5. The number of aromatic nitrogens is 2. The van der Waals surface area contributed by atoms with Gasteiger partial charge in [-0.1, -0.05) is 31.9 Å². The van der Waals surface area contributed by atoms with Gasteiger partial charge in [-0.05, 0) is 55.7 Å². The summed E-state index contributed by atoms with van der Waals surface area (Å²) in [6.45, 7) is 3.85. The largest absolute Gasteiger partial charge is 0.497 e. The van der Waals surface area contributed by atoms with Gasteiger partial charge in [0.25, 0.3) is 5.91 Å². The first kappa shape index (κ1) is 25.3. The van der Waals surface area contributed by atoms with E-state index in [1.165, 1.54) is 0 Å². The van der Waals surface area contributed by atoms with Crippen LogP contribution >= 0.6 is 0 Å². The summed E-state index contributed by atoms with van der Waals surface area (Å²) in [6, 6.07) is 15.1. The third-order valence-corrected chi connectivity index (χ3v) is 6.01. The van der Waals surface area contributed by atoms with Crippen LogP contribution < -0.4 is 10.1 Å². The molecule has 2 aromatic carbocycles. The molecule has 0 radical (unpaired) electrons. The van der Waals surface area contributed by atoms with Crippen LogP contribution in [0, 0.1) is 0 Å². The number of rotatable bonds is 13. The number of carbonyl (C=O) groups is 2. The van der Waals surface area contributed by atoms with Gasteiger partial charge in [0, 0.05) is 32.1 Å². The molecule has 0 aliphatic heterocycles. The predicted octanol–water partition coefficient (Wildman–Crippen LogP) is 4.45. The topological polar surface area (TPSA) is 76.5 Å². The van der Waals surface area contributed by atoms with Crippen LogP contribution in [0.4, 0.5) is 0 Å². The van der Waals surface area contributed by atoms with E-state index in [-0.39, 0.29) is 11.8 Å². The fraction of sp³-hybridized carbons (Fsp3) is 0.444. The second-order valence-corrected chi connectivity index (χ2v) is 8.57. The van der Waals surface area contributed by atoms with Crippen molar-refractivity contribution in [2.24, 2.45) is 0 Å². The van der Waals surface area contributed by atoms with Gasteiger partial charge in [-0.15, -0.1) is 0 Å². The number of nitrogens with one attached hydrogen (secondary N) is 1. The van der Waals surface area contributed by atoms with Gasteiger partial charge in [-0.3, -0.25) is 9.59 Å². The van der Waals surface area contributed by atoms with E-state index in [0.717, 1.165) is 67.7 Å². The quantitative estimate of drug-likeness (QED) is 0.379. The van der Waals surface area contributed by atoms with Crippen LogP contribution in [0.2, 0.25) is 0 Å². The Hall–Kier alpha value is -3.35. The highest BCUT2D eigenvalue weighted by Gasteiger charge is 2.16. The molecule has 1 aromatic heterocycles. The molecule has 7 heteroatoms. The average Bonchev–Trinajstić information content (AvgIpc) is 3.21. The number of likely N-dealkylation sites (N-methyl/N-ethyl adjacent to an activating group) is 1. The van der Waals surface area contributed by atoms with E-state index >= 15 is 0 Å². The van der Waals surface area contributed by atoms with Gasteiger partial charge < -0.3 is 19.5 Å². The van der Waals surface area contributed by atoms with E-state index in [2.05, 4.69) is 16.8 Å². The molecular formula is C27H36N4O3. The van der Waals surface area contributed by atoms with Crippen LogP contribution in [0.25, 0.3) is 11.0 Å². The number of ether oxygens (including phenoxy) is 1. The highest BCUT2D eigenvalue weighted by Crippen LogP contribution is 2.18. The Morgan fingerprint density at radius 1 is 1.03 bits per heavy atom. The number of unbranched alkanes of at least 4 members (excludes halogenated alkanes) is 3. The van der Waals surface area contributed by atoms with Crippen molar-refractivity contribution in [2.45, 2.75) is 52.0 Å². The number of aryl methyl sites for hydroxylation is 1. The van der Waals surface area contributed by atoms with Crippen molar-refractivity contribution in [3.8, 4) is 5.75 Å². The lowest BCUT2D eigenvalue weighted by atomic mass is 10.1. The Balaban J connectivity index is 1.50. The standard InChI is InChI=1S/C27H36N4O3/c1-4-5-19-30(2)26(32)20-31-24-12-9-8-11-23(24)29-25(31)13-7-6-10-18-28-27(33)21-14-16-22(34-3)17-15-21/h8-9,11-12,14-17H,4-7,10,13,18-20H2,1-3H3,(H,28,33). The maximum absolute atomic E-state index is 12.8. The van der Waals surface area contributed by atoms with E-state index in [0.29, 0.717) is 18.7 Å². The zero-order valence-electron chi connectivity index (χ0n) is 20.5. The maximum atomic E-state index is 12.8. The van der Waals surface area contributed by atoms with Crippen LogP contribution in [0.15, 0.2) is 48.5 Å². The van der Waals surface area contributed by atoms with Crippen LogP contribution in [0.1, 0.15) is 55.2 Å². The average molecular weight is 465 g/mol. The van der Waals surface area contributed by atoms with E-state index in [9.17, 15) is 9.59 Å². The van der Waals surface area contributed by atoms with E-state index in [1.807, 2.05) is 36.2 Å².